The number of fused-ring (bicyclic) bond motifs is 1. The first-order valence-electron chi connectivity index (χ1n) is 10.6. The first-order valence-corrected chi connectivity index (χ1v) is 10.6. The molecule has 0 radical (unpaired) electrons. The smallest absolute Gasteiger partial charge is 0.249 e. The zero-order chi connectivity index (χ0) is 21.4. The Morgan fingerprint density at radius 3 is 2.74 bits per heavy atom. The highest BCUT2D eigenvalue weighted by Crippen LogP contribution is 2.74. The van der Waals surface area contributed by atoms with Gasteiger partial charge < -0.3 is 0 Å². The fraction of sp³-hybridized carbons (Fsp3) is 0.375. The summed E-state index contributed by atoms with van der Waals surface area (Å²) in [5.74, 6) is -1.30. The number of benzene rings is 2. The van der Waals surface area contributed by atoms with Crippen LogP contribution in [0.1, 0.15) is 42.9 Å². The van der Waals surface area contributed by atoms with Crippen LogP contribution in [0.3, 0.4) is 0 Å². The van der Waals surface area contributed by atoms with Crippen molar-refractivity contribution in [1.82, 2.24) is 14.8 Å². The highest BCUT2D eigenvalue weighted by atomic mass is 19.1. The average molecular weight is 420 g/mol. The van der Waals surface area contributed by atoms with Crippen molar-refractivity contribution in [2.45, 2.75) is 45.2 Å². The Balaban J connectivity index is 1.18. The van der Waals surface area contributed by atoms with Crippen LogP contribution in [0.2, 0.25) is 0 Å². The molecule has 7 heteroatoms. The van der Waals surface area contributed by atoms with Crippen LogP contribution >= 0.6 is 0 Å². The first-order chi connectivity index (χ1) is 14.9. The summed E-state index contributed by atoms with van der Waals surface area (Å²) < 4.78 is 29.7. The first kappa shape index (κ1) is 18.7. The number of aromatic nitrogens is 2. The van der Waals surface area contributed by atoms with Gasteiger partial charge in [-0.25, -0.2) is 13.8 Å². The maximum atomic E-state index is 14.3. The van der Waals surface area contributed by atoms with Gasteiger partial charge in [-0.05, 0) is 49.8 Å². The van der Waals surface area contributed by atoms with Gasteiger partial charge in [0.25, 0.3) is 0 Å². The molecule has 0 N–H and O–H groups in total. The van der Waals surface area contributed by atoms with Crippen molar-refractivity contribution in [3.05, 3.63) is 65.4 Å². The summed E-state index contributed by atoms with van der Waals surface area (Å²) in [6.45, 7) is 2.87. The van der Waals surface area contributed by atoms with Gasteiger partial charge >= 0.3 is 0 Å². The summed E-state index contributed by atoms with van der Waals surface area (Å²) in [6.07, 6.45) is 6.39. The fourth-order valence-corrected chi connectivity index (χ4v) is 5.93. The lowest BCUT2D eigenvalue weighted by molar-refractivity contribution is -0.223. The van der Waals surface area contributed by atoms with Crippen LogP contribution in [0.5, 0.6) is 0 Å². The second-order valence-electron chi connectivity index (χ2n) is 9.54. The monoisotopic (exact) mass is 420 g/mol. The average Bonchev–Trinajstić information content (AvgIpc) is 3.30. The van der Waals surface area contributed by atoms with E-state index in [0.717, 1.165) is 42.8 Å². The van der Waals surface area contributed by atoms with Crippen LogP contribution in [0, 0.1) is 29.4 Å². The third kappa shape index (κ3) is 2.68. The summed E-state index contributed by atoms with van der Waals surface area (Å²) in [5, 5.41) is 11.4. The largest absolute Gasteiger partial charge is 0.272 e. The van der Waals surface area contributed by atoms with Crippen molar-refractivity contribution in [2.75, 3.05) is 0 Å². The Hall–Kier alpha value is -3.09. The van der Waals surface area contributed by atoms with E-state index in [1.807, 2.05) is 10.9 Å². The summed E-state index contributed by atoms with van der Waals surface area (Å²) in [6, 6.07) is 9.33. The molecule has 2 bridgehead atoms. The molecule has 4 aliphatic rings. The third-order valence-corrected chi connectivity index (χ3v) is 7.24. The van der Waals surface area contributed by atoms with Gasteiger partial charge in [-0.15, -0.1) is 0 Å². The molecular formula is C24H22F2N4O. The van der Waals surface area contributed by atoms with E-state index < -0.39 is 23.1 Å². The van der Waals surface area contributed by atoms with Crippen molar-refractivity contribution in [1.29, 1.82) is 0 Å². The van der Waals surface area contributed by atoms with Crippen LogP contribution in [-0.2, 0) is 11.3 Å². The summed E-state index contributed by atoms with van der Waals surface area (Å²) >= 11 is 0. The fourth-order valence-electron chi connectivity index (χ4n) is 5.93. The van der Waals surface area contributed by atoms with E-state index in [2.05, 4.69) is 35.3 Å². The van der Waals surface area contributed by atoms with E-state index in [0.29, 0.717) is 12.0 Å². The van der Waals surface area contributed by atoms with Crippen LogP contribution in [0.4, 0.5) is 8.78 Å². The lowest BCUT2D eigenvalue weighted by Gasteiger charge is -2.69. The maximum Gasteiger partial charge on any atom is 0.249 e. The molecule has 5 nitrogen and oxygen atoms in total. The molecule has 31 heavy (non-hydrogen) atoms. The van der Waals surface area contributed by atoms with Crippen molar-refractivity contribution >= 4 is 23.0 Å². The van der Waals surface area contributed by atoms with Crippen molar-refractivity contribution in [3.8, 4) is 0 Å². The minimum atomic E-state index is -0.636. The Morgan fingerprint density at radius 1 is 1.16 bits per heavy atom. The van der Waals surface area contributed by atoms with Crippen LogP contribution in [-0.4, -0.2) is 26.9 Å². The standard InChI is InChI=1S/C24H22F2N4O/c1-15-2-5-20-16(8-15)10-28-29(20)14-23-11-24(12-23,13-23)22(31)30-21(6-7-27-30)18-4-3-17(25)9-19(18)26/h2-5,7-10,21H,6,11-14H2,1H3. The SMILES string of the molecule is Cc1ccc2c(cnn2CC23CC(C(=O)N4N=CCC4c4ccc(F)cc4F)(C2)C3)c1. The molecule has 0 saturated heterocycles. The van der Waals surface area contributed by atoms with Gasteiger partial charge in [-0.2, -0.15) is 10.2 Å². The van der Waals surface area contributed by atoms with Gasteiger partial charge in [0.1, 0.15) is 11.6 Å². The van der Waals surface area contributed by atoms with Gasteiger partial charge in [-0.3, -0.25) is 9.48 Å². The Labute approximate surface area is 178 Å². The molecule has 1 unspecified atom stereocenters. The zero-order valence-electron chi connectivity index (χ0n) is 17.2. The summed E-state index contributed by atoms with van der Waals surface area (Å²) in [4.78, 5) is 13.3. The molecule has 3 saturated carbocycles. The topological polar surface area (TPSA) is 50.5 Å². The molecule has 1 aromatic heterocycles. The van der Waals surface area contributed by atoms with Gasteiger partial charge in [0.2, 0.25) is 5.91 Å². The molecule has 1 aliphatic heterocycles. The highest BCUT2D eigenvalue weighted by Gasteiger charge is 2.72. The molecule has 3 fully saturated rings. The lowest BCUT2D eigenvalue weighted by Crippen LogP contribution is -2.68. The molecular weight excluding hydrogens is 398 g/mol. The molecule has 3 aromatic rings. The number of hydrazone groups is 1. The van der Waals surface area contributed by atoms with Gasteiger partial charge in [0.15, 0.2) is 0 Å². The Bertz CT molecular complexity index is 1240. The van der Waals surface area contributed by atoms with Crippen molar-refractivity contribution in [2.24, 2.45) is 15.9 Å². The van der Waals surface area contributed by atoms with E-state index in [9.17, 15) is 13.6 Å². The number of amides is 1. The second kappa shape index (κ2) is 6.22. The number of rotatable bonds is 4. The molecule has 2 heterocycles. The zero-order valence-corrected chi connectivity index (χ0v) is 17.2. The summed E-state index contributed by atoms with van der Waals surface area (Å²) in [7, 11) is 0. The minimum Gasteiger partial charge on any atom is -0.272 e. The lowest BCUT2D eigenvalue weighted by atomic mass is 9.34. The molecule has 7 rings (SSSR count). The number of hydrogen-bond acceptors (Lipinski definition) is 3. The highest BCUT2D eigenvalue weighted by molar-refractivity contribution is 5.88. The molecule has 0 spiro atoms. The predicted octanol–water partition coefficient (Wildman–Crippen LogP) is 4.75. The van der Waals surface area contributed by atoms with Crippen LogP contribution in [0.25, 0.3) is 10.9 Å². The van der Waals surface area contributed by atoms with Crippen molar-refractivity contribution in [3.63, 3.8) is 0 Å². The second-order valence-corrected chi connectivity index (χ2v) is 9.54. The Morgan fingerprint density at radius 2 is 1.97 bits per heavy atom. The normalized spacial score (nSPS) is 28.6. The number of nitrogens with zero attached hydrogens (tertiary/aromatic N) is 4. The Kier molecular flexibility index (Phi) is 3.74. The summed E-state index contributed by atoms with van der Waals surface area (Å²) in [5.41, 5.74) is 2.33. The number of aryl methyl sites for hydroxylation is 1. The number of hydrogen-bond donors (Lipinski definition) is 0. The van der Waals surface area contributed by atoms with E-state index >= 15 is 0 Å². The maximum absolute atomic E-state index is 14.3. The molecule has 1 amide bonds. The molecule has 2 aromatic carbocycles. The van der Waals surface area contributed by atoms with Crippen LogP contribution < -0.4 is 0 Å². The van der Waals surface area contributed by atoms with E-state index in [4.69, 9.17) is 0 Å². The molecule has 3 aliphatic carbocycles. The van der Waals surface area contributed by atoms with Crippen molar-refractivity contribution < 1.29 is 13.6 Å². The van der Waals surface area contributed by atoms with Gasteiger partial charge in [-0.1, -0.05) is 17.7 Å². The van der Waals surface area contributed by atoms with E-state index in [1.54, 1.807) is 6.21 Å². The predicted molar refractivity (Wildman–Crippen MR) is 112 cm³/mol. The van der Waals surface area contributed by atoms with Crippen LogP contribution in [0.15, 0.2) is 47.7 Å². The number of carbonyl (C=O) groups is 1. The number of halogens is 2. The molecule has 158 valence electrons. The molecule has 1 atom stereocenters. The quantitative estimate of drug-likeness (QED) is 0.612. The van der Waals surface area contributed by atoms with E-state index in [1.165, 1.54) is 22.7 Å². The van der Waals surface area contributed by atoms with Gasteiger partial charge in [0, 0.05) is 36.2 Å². The van der Waals surface area contributed by atoms with E-state index in [-0.39, 0.29) is 11.3 Å². The van der Waals surface area contributed by atoms with Gasteiger partial charge in [0.05, 0.1) is 23.2 Å². The minimum absolute atomic E-state index is 0.0437. The number of carbonyl (C=O) groups excluding carboxylic acids is 1. The third-order valence-electron chi connectivity index (χ3n) is 7.24.